The number of anilines is 1. The Bertz CT molecular complexity index is 463. The largest absolute Gasteiger partial charge is 0.480 e. The van der Waals surface area contributed by atoms with Gasteiger partial charge >= 0.3 is 5.97 Å². The zero-order valence-electron chi connectivity index (χ0n) is 11.4. The maximum Gasteiger partial charge on any atom is 0.320 e. The predicted octanol–water partition coefficient (Wildman–Crippen LogP) is 1.66. The summed E-state index contributed by atoms with van der Waals surface area (Å²) in [6.07, 6.45) is 4.18. The van der Waals surface area contributed by atoms with E-state index in [1.165, 1.54) is 11.3 Å². The number of carboxylic acids is 1. The van der Waals surface area contributed by atoms with Crippen LogP contribution in [0.25, 0.3) is 0 Å². The van der Waals surface area contributed by atoms with Crippen LogP contribution in [-0.2, 0) is 9.59 Å². The van der Waals surface area contributed by atoms with E-state index in [1.54, 1.807) is 16.5 Å². The fourth-order valence-electron chi connectivity index (χ4n) is 2.53. The van der Waals surface area contributed by atoms with Gasteiger partial charge in [0.05, 0.1) is 6.54 Å². The highest BCUT2D eigenvalue weighted by atomic mass is 32.1. The summed E-state index contributed by atoms with van der Waals surface area (Å²) in [5, 5.41) is 14.3. The van der Waals surface area contributed by atoms with E-state index in [1.807, 2.05) is 0 Å². The van der Waals surface area contributed by atoms with Gasteiger partial charge in [-0.15, -0.1) is 11.3 Å². The second kappa shape index (κ2) is 6.81. The lowest BCUT2D eigenvalue weighted by atomic mass is 9.89. The smallest absolute Gasteiger partial charge is 0.320 e. The summed E-state index contributed by atoms with van der Waals surface area (Å²) in [7, 11) is 0. The molecular formula is C13H19N3O3S. The second-order valence-electron chi connectivity index (χ2n) is 5.01. The summed E-state index contributed by atoms with van der Waals surface area (Å²) in [4.78, 5) is 29.0. The van der Waals surface area contributed by atoms with Gasteiger partial charge in [0.1, 0.15) is 6.04 Å². The molecule has 0 saturated carbocycles. The lowest BCUT2D eigenvalue weighted by Crippen LogP contribution is -2.49. The van der Waals surface area contributed by atoms with E-state index in [0.717, 1.165) is 12.8 Å². The Morgan fingerprint density at radius 3 is 3.00 bits per heavy atom. The Hall–Kier alpha value is -1.47. The van der Waals surface area contributed by atoms with Crippen LogP contribution in [-0.4, -0.2) is 46.0 Å². The summed E-state index contributed by atoms with van der Waals surface area (Å²) < 4.78 is 0. The van der Waals surface area contributed by atoms with Crippen LogP contribution in [0.2, 0.25) is 0 Å². The molecule has 1 aromatic rings. The summed E-state index contributed by atoms with van der Waals surface area (Å²) >= 11 is 1.35. The van der Waals surface area contributed by atoms with E-state index < -0.39 is 12.0 Å². The number of aromatic nitrogens is 1. The minimum absolute atomic E-state index is 0.104. The minimum atomic E-state index is -0.842. The van der Waals surface area contributed by atoms with Gasteiger partial charge in [-0.3, -0.25) is 14.5 Å². The second-order valence-corrected chi connectivity index (χ2v) is 5.90. The van der Waals surface area contributed by atoms with E-state index in [4.69, 9.17) is 0 Å². The molecule has 1 amide bonds. The summed E-state index contributed by atoms with van der Waals surface area (Å²) in [6, 6.07) is -0.559. The van der Waals surface area contributed by atoms with Crippen LogP contribution in [0.15, 0.2) is 11.6 Å². The number of hydrogen-bond acceptors (Lipinski definition) is 5. The zero-order valence-corrected chi connectivity index (χ0v) is 12.2. The number of piperidine rings is 1. The third-order valence-corrected chi connectivity index (χ3v) is 4.40. The maximum absolute atomic E-state index is 11.9. The molecule has 0 bridgehead atoms. The summed E-state index contributed by atoms with van der Waals surface area (Å²) in [6.45, 7) is 2.84. The molecule has 1 fully saturated rings. The number of carboxylic acid groups (broad SMARTS) is 1. The number of amides is 1. The molecule has 0 aromatic carbocycles. The van der Waals surface area contributed by atoms with Gasteiger partial charge in [-0.1, -0.05) is 13.3 Å². The molecule has 0 spiro atoms. The Kier molecular flexibility index (Phi) is 5.08. The van der Waals surface area contributed by atoms with E-state index >= 15 is 0 Å². The normalized spacial score (nSPS) is 23.4. The molecule has 1 aliphatic heterocycles. The molecule has 0 radical (unpaired) electrons. The van der Waals surface area contributed by atoms with Crippen molar-refractivity contribution >= 4 is 28.3 Å². The van der Waals surface area contributed by atoms with Gasteiger partial charge in [-0.25, -0.2) is 4.98 Å². The lowest BCUT2D eigenvalue weighted by molar-refractivity contribution is -0.145. The fraction of sp³-hybridized carbons (Fsp3) is 0.615. The molecule has 2 rings (SSSR count). The van der Waals surface area contributed by atoms with Crippen molar-refractivity contribution in [3.63, 3.8) is 0 Å². The molecule has 2 atom stereocenters. The number of rotatable bonds is 5. The van der Waals surface area contributed by atoms with Crippen LogP contribution in [0.5, 0.6) is 0 Å². The lowest BCUT2D eigenvalue weighted by Gasteiger charge is -2.36. The van der Waals surface area contributed by atoms with Crippen molar-refractivity contribution in [3.05, 3.63) is 11.6 Å². The molecule has 20 heavy (non-hydrogen) atoms. The molecule has 6 nitrogen and oxygen atoms in total. The average molecular weight is 297 g/mol. The Morgan fingerprint density at radius 2 is 2.40 bits per heavy atom. The molecule has 1 saturated heterocycles. The van der Waals surface area contributed by atoms with Crippen LogP contribution in [0.1, 0.15) is 26.2 Å². The molecule has 1 aromatic heterocycles. The number of carbonyl (C=O) groups is 2. The summed E-state index contributed by atoms with van der Waals surface area (Å²) in [5.41, 5.74) is 0. The number of nitrogens with one attached hydrogen (secondary N) is 1. The average Bonchev–Trinajstić information content (AvgIpc) is 2.91. The van der Waals surface area contributed by atoms with Crippen LogP contribution in [0, 0.1) is 5.92 Å². The van der Waals surface area contributed by atoms with Crippen molar-refractivity contribution < 1.29 is 14.7 Å². The highest BCUT2D eigenvalue weighted by Gasteiger charge is 2.33. The zero-order chi connectivity index (χ0) is 14.5. The first-order valence-electron chi connectivity index (χ1n) is 6.76. The van der Waals surface area contributed by atoms with Gasteiger partial charge in [0.15, 0.2) is 5.13 Å². The number of aliphatic carboxylic acids is 1. The first kappa shape index (κ1) is 14.9. The van der Waals surface area contributed by atoms with E-state index in [0.29, 0.717) is 24.0 Å². The van der Waals surface area contributed by atoms with Gasteiger partial charge in [-0.2, -0.15) is 0 Å². The van der Waals surface area contributed by atoms with Crippen molar-refractivity contribution in [1.29, 1.82) is 0 Å². The van der Waals surface area contributed by atoms with E-state index in [9.17, 15) is 14.7 Å². The van der Waals surface area contributed by atoms with Crippen molar-refractivity contribution in [3.8, 4) is 0 Å². The topological polar surface area (TPSA) is 82.5 Å². The molecule has 2 unspecified atom stereocenters. The number of likely N-dealkylation sites (tertiary alicyclic amines) is 1. The number of thiazole rings is 1. The SMILES string of the molecule is CCC1CCN(CC(=O)Nc2nccs2)C(C(=O)O)C1. The molecule has 110 valence electrons. The van der Waals surface area contributed by atoms with E-state index in [-0.39, 0.29) is 12.5 Å². The van der Waals surface area contributed by atoms with E-state index in [2.05, 4.69) is 17.2 Å². The predicted molar refractivity (Wildman–Crippen MR) is 76.8 cm³/mol. The molecular weight excluding hydrogens is 278 g/mol. The minimum Gasteiger partial charge on any atom is -0.480 e. The first-order valence-corrected chi connectivity index (χ1v) is 7.64. The molecule has 1 aliphatic rings. The van der Waals surface area contributed by atoms with Gasteiger partial charge in [0.25, 0.3) is 0 Å². The quantitative estimate of drug-likeness (QED) is 0.863. The monoisotopic (exact) mass is 297 g/mol. The molecule has 2 heterocycles. The Labute approximate surface area is 121 Å². The van der Waals surface area contributed by atoms with Crippen molar-refractivity contribution in [2.75, 3.05) is 18.4 Å². The number of carbonyl (C=O) groups excluding carboxylic acids is 1. The highest BCUT2D eigenvalue weighted by molar-refractivity contribution is 7.13. The Morgan fingerprint density at radius 1 is 1.60 bits per heavy atom. The van der Waals surface area contributed by atoms with Gasteiger partial charge in [-0.05, 0) is 25.3 Å². The van der Waals surface area contributed by atoms with Gasteiger partial charge in [0.2, 0.25) is 5.91 Å². The van der Waals surface area contributed by atoms with Crippen molar-refractivity contribution in [2.24, 2.45) is 5.92 Å². The van der Waals surface area contributed by atoms with Crippen LogP contribution in [0.3, 0.4) is 0 Å². The first-order chi connectivity index (χ1) is 9.60. The Balaban J connectivity index is 1.93. The molecule has 7 heteroatoms. The van der Waals surface area contributed by atoms with Crippen molar-refractivity contribution in [1.82, 2.24) is 9.88 Å². The van der Waals surface area contributed by atoms with Crippen molar-refractivity contribution in [2.45, 2.75) is 32.2 Å². The van der Waals surface area contributed by atoms with Gasteiger partial charge < -0.3 is 10.4 Å². The third kappa shape index (κ3) is 3.77. The number of nitrogens with zero attached hydrogens (tertiary/aromatic N) is 2. The van der Waals surface area contributed by atoms with Crippen LogP contribution < -0.4 is 5.32 Å². The molecule has 2 N–H and O–H groups in total. The maximum atomic E-state index is 11.9. The fourth-order valence-corrected chi connectivity index (χ4v) is 3.08. The van der Waals surface area contributed by atoms with Crippen LogP contribution in [0.4, 0.5) is 5.13 Å². The molecule has 0 aliphatic carbocycles. The number of hydrogen-bond donors (Lipinski definition) is 2. The third-order valence-electron chi connectivity index (χ3n) is 3.71. The van der Waals surface area contributed by atoms with Crippen LogP contribution >= 0.6 is 11.3 Å². The summed E-state index contributed by atoms with van der Waals surface area (Å²) in [5.74, 6) is -0.610. The highest BCUT2D eigenvalue weighted by Crippen LogP contribution is 2.25. The standard InChI is InChI=1S/C13H19N3O3S/c1-2-9-3-5-16(10(7-9)12(18)19)8-11(17)15-13-14-4-6-20-13/h4,6,9-10H,2-3,5,7-8H2,1H3,(H,18,19)(H,14,15,17). The van der Waals surface area contributed by atoms with Gasteiger partial charge in [0, 0.05) is 11.6 Å².